The van der Waals surface area contributed by atoms with Crippen molar-refractivity contribution >= 4 is 40.3 Å². The number of anilines is 1. The Bertz CT molecular complexity index is 1260. The second-order valence-electron chi connectivity index (χ2n) is 7.94. The van der Waals surface area contributed by atoms with Gasteiger partial charge in [0.05, 0.1) is 12.6 Å². The van der Waals surface area contributed by atoms with Crippen molar-refractivity contribution in [2.24, 2.45) is 0 Å². The molecular formula is C23H24ClN5O4. The summed E-state index contributed by atoms with van der Waals surface area (Å²) in [5.74, 6) is -0.469. The lowest BCUT2D eigenvalue weighted by atomic mass is 10.0. The number of carbonyl (C=O) groups is 2. The van der Waals surface area contributed by atoms with Crippen molar-refractivity contribution in [3.63, 3.8) is 0 Å². The third-order valence-corrected chi connectivity index (χ3v) is 6.05. The summed E-state index contributed by atoms with van der Waals surface area (Å²) in [5.41, 5.74) is 6.36. The van der Waals surface area contributed by atoms with Gasteiger partial charge in [-0.2, -0.15) is 0 Å². The minimum absolute atomic E-state index is 0.0393. The van der Waals surface area contributed by atoms with E-state index in [0.29, 0.717) is 22.6 Å². The first-order valence-electron chi connectivity index (χ1n) is 10.6. The van der Waals surface area contributed by atoms with E-state index >= 15 is 0 Å². The fourth-order valence-electron chi connectivity index (χ4n) is 3.82. The normalized spacial score (nSPS) is 15.3. The number of carbonyl (C=O) groups excluding carboxylic acids is 2. The Morgan fingerprint density at radius 1 is 1.21 bits per heavy atom. The third-order valence-electron chi connectivity index (χ3n) is 5.79. The molecule has 1 aromatic carbocycles. The number of benzene rings is 1. The molecule has 3 heterocycles. The molecule has 1 atom stereocenters. The summed E-state index contributed by atoms with van der Waals surface area (Å²) < 4.78 is 1.31. The number of nitrogens with two attached hydrogens (primary N) is 1. The van der Waals surface area contributed by atoms with Crippen LogP contribution in [0.3, 0.4) is 0 Å². The first-order valence-corrected chi connectivity index (χ1v) is 11.0. The fraction of sp³-hybridized carbons (Fsp3) is 0.304. The minimum Gasteiger partial charge on any atom is -0.394 e. The summed E-state index contributed by atoms with van der Waals surface area (Å²) in [6.45, 7) is 0.759. The van der Waals surface area contributed by atoms with Gasteiger partial charge in [-0.15, -0.1) is 0 Å². The predicted octanol–water partition coefficient (Wildman–Crippen LogP) is 1.55. The summed E-state index contributed by atoms with van der Waals surface area (Å²) >= 11 is 5.89. The average molecular weight is 470 g/mol. The number of nitrogens with zero attached hydrogens (tertiary/aromatic N) is 3. The SMILES string of the molecule is Nc1ccc2cc(C(=O)NCc3ccc(Cl)cc3)c(=O)n(CCC(=O)N3CCC3CO)c2n1. The van der Waals surface area contributed by atoms with Crippen LogP contribution in [0, 0.1) is 0 Å². The first-order chi connectivity index (χ1) is 15.9. The van der Waals surface area contributed by atoms with E-state index in [-0.39, 0.29) is 49.4 Å². The topological polar surface area (TPSA) is 131 Å². The molecule has 1 aliphatic rings. The predicted molar refractivity (Wildman–Crippen MR) is 125 cm³/mol. The molecule has 9 nitrogen and oxygen atoms in total. The van der Waals surface area contributed by atoms with Crippen molar-refractivity contribution in [3.8, 4) is 0 Å². The number of likely N-dealkylation sites (tertiary alicyclic amines) is 1. The van der Waals surface area contributed by atoms with Crippen LogP contribution >= 0.6 is 11.6 Å². The summed E-state index contributed by atoms with van der Waals surface area (Å²) in [6, 6.07) is 11.6. The molecule has 1 aliphatic heterocycles. The maximum atomic E-state index is 13.2. The zero-order valence-corrected chi connectivity index (χ0v) is 18.6. The zero-order valence-electron chi connectivity index (χ0n) is 17.8. The Morgan fingerprint density at radius 3 is 2.64 bits per heavy atom. The highest BCUT2D eigenvalue weighted by Gasteiger charge is 2.31. The van der Waals surface area contributed by atoms with Gasteiger partial charge in [0, 0.05) is 36.5 Å². The molecule has 0 spiro atoms. The number of nitrogens with one attached hydrogen (secondary N) is 1. The molecule has 2 amide bonds. The van der Waals surface area contributed by atoms with Gasteiger partial charge >= 0.3 is 0 Å². The van der Waals surface area contributed by atoms with Gasteiger partial charge in [-0.05, 0) is 42.3 Å². The van der Waals surface area contributed by atoms with E-state index in [1.54, 1.807) is 41.3 Å². The summed E-state index contributed by atoms with van der Waals surface area (Å²) in [6.07, 6.45) is 0.796. The van der Waals surface area contributed by atoms with Crippen LogP contribution in [0.4, 0.5) is 5.82 Å². The van der Waals surface area contributed by atoms with Crippen LogP contribution < -0.4 is 16.6 Å². The number of aromatic nitrogens is 2. The molecule has 3 aromatic rings. The van der Waals surface area contributed by atoms with Gasteiger partial charge in [-0.3, -0.25) is 19.0 Å². The van der Waals surface area contributed by atoms with Crippen LogP contribution in [0.5, 0.6) is 0 Å². The molecule has 1 unspecified atom stereocenters. The Kier molecular flexibility index (Phi) is 6.62. The largest absolute Gasteiger partial charge is 0.394 e. The Morgan fingerprint density at radius 2 is 1.97 bits per heavy atom. The van der Waals surface area contributed by atoms with Crippen LogP contribution in [-0.2, 0) is 17.9 Å². The van der Waals surface area contributed by atoms with E-state index in [9.17, 15) is 19.5 Å². The second kappa shape index (κ2) is 9.60. The van der Waals surface area contributed by atoms with Crippen molar-refractivity contribution in [2.45, 2.75) is 32.0 Å². The van der Waals surface area contributed by atoms with E-state index in [4.69, 9.17) is 17.3 Å². The number of halogens is 1. The van der Waals surface area contributed by atoms with E-state index in [2.05, 4.69) is 10.3 Å². The number of aliphatic hydroxyl groups is 1. The highest BCUT2D eigenvalue weighted by molar-refractivity contribution is 6.30. The summed E-state index contributed by atoms with van der Waals surface area (Å²) in [7, 11) is 0. The van der Waals surface area contributed by atoms with Gasteiger partial charge in [-0.25, -0.2) is 4.98 Å². The number of hydrogen-bond donors (Lipinski definition) is 3. The van der Waals surface area contributed by atoms with E-state index in [1.165, 1.54) is 10.6 Å². The number of nitrogen functional groups attached to an aromatic ring is 1. The molecule has 0 bridgehead atoms. The average Bonchev–Trinajstić information content (AvgIpc) is 2.77. The smallest absolute Gasteiger partial charge is 0.265 e. The number of amides is 2. The number of fused-ring (bicyclic) bond motifs is 1. The Hall–Kier alpha value is -3.43. The van der Waals surface area contributed by atoms with Crippen molar-refractivity contribution in [1.29, 1.82) is 0 Å². The van der Waals surface area contributed by atoms with Crippen molar-refractivity contribution in [1.82, 2.24) is 19.8 Å². The van der Waals surface area contributed by atoms with Crippen LogP contribution in [-0.4, -0.2) is 50.6 Å². The molecular weight excluding hydrogens is 446 g/mol. The van der Waals surface area contributed by atoms with Gasteiger partial charge in [0.25, 0.3) is 11.5 Å². The molecule has 2 aromatic heterocycles. The van der Waals surface area contributed by atoms with E-state index < -0.39 is 11.5 Å². The molecule has 4 N–H and O–H groups in total. The second-order valence-corrected chi connectivity index (χ2v) is 8.37. The standard InChI is InChI=1S/C23H24ClN5O4/c24-16-4-1-14(2-5-16)12-26-22(32)18-11-15-3-6-19(25)27-21(15)29(23(18)33)10-8-20(31)28-9-7-17(28)13-30/h1-6,11,17,30H,7-10,12-13H2,(H2,25,27)(H,26,32). The van der Waals surface area contributed by atoms with Crippen LogP contribution in [0.1, 0.15) is 28.8 Å². The highest BCUT2D eigenvalue weighted by atomic mass is 35.5. The van der Waals surface area contributed by atoms with Crippen LogP contribution in [0.25, 0.3) is 11.0 Å². The van der Waals surface area contributed by atoms with Crippen LogP contribution in [0.2, 0.25) is 5.02 Å². The van der Waals surface area contributed by atoms with Gasteiger partial charge in [0.15, 0.2) is 0 Å². The molecule has 1 fully saturated rings. The maximum Gasteiger partial charge on any atom is 0.265 e. The quantitative estimate of drug-likeness (QED) is 0.481. The number of aryl methyl sites for hydroxylation is 1. The van der Waals surface area contributed by atoms with Crippen LogP contribution in [0.15, 0.2) is 47.3 Å². The Balaban J connectivity index is 1.59. The number of aliphatic hydroxyl groups excluding tert-OH is 1. The molecule has 172 valence electrons. The van der Waals surface area contributed by atoms with Crippen molar-refractivity contribution in [3.05, 3.63) is 69.0 Å². The number of pyridine rings is 2. The minimum atomic E-state index is -0.552. The molecule has 33 heavy (non-hydrogen) atoms. The van der Waals surface area contributed by atoms with Crippen molar-refractivity contribution < 1.29 is 14.7 Å². The molecule has 10 heteroatoms. The first kappa shape index (κ1) is 22.8. The lowest BCUT2D eigenvalue weighted by Gasteiger charge is -2.40. The fourth-order valence-corrected chi connectivity index (χ4v) is 3.95. The summed E-state index contributed by atoms with van der Waals surface area (Å²) in [5, 5.41) is 13.2. The lowest BCUT2D eigenvalue weighted by Crippen LogP contribution is -2.53. The van der Waals surface area contributed by atoms with Gasteiger partial charge in [-0.1, -0.05) is 23.7 Å². The maximum absolute atomic E-state index is 13.2. The number of rotatable bonds is 7. The Labute approximate surface area is 194 Å². The van der Waals surface area contributed by atoms with E-state index in [1.807, 2.05) is 0 Å². The molecule has 4 rings (SSSR count). The molecule has 1 saturated heterocycles. The zero-order chi connectivity index (χ0) is 23.5. The van der Waals surface area contributed by atoms with E-state index in [0.717, 1.165) is 12.0 Å². The number of hydrogen-bond acceptors (Lipinski definition) is 6. The van der Waals surface area contributed by atoms with Gasteiger partial charge in [0.1, 0.15) is 17.0 Å². The molecule has 0 radical (unpaired) electrons. The van der Waals surface area contributed by atoms with Gasteiger partial charge < -0.3 is 21.1 Å². The third kappa shape index (κ3) is 4.84. The molecule has 0 saturated carbocycles. The summed E-state index contributed by atoms with van der Waals surface area (Å²) in [4.78, 5) is 44.5. The highest BCUT2D eigenvalue weighted by Crippen LogP contribution is 2.19. The monoisotopic (exact) mass is 469 g/mol. The van der Waals surface area contributed by atoms with Gasteiger partial charge in [0.2, 0.25) is 5.91 Å². The molecule has 0 aliphatic carbocycles. The van der Waals surface area contributed by atoms with Crippen molar-refractivity contribution in [2.75, 3.05) is 18.9 Å². The lowest BCUT2D eigenvalue weighted by molar-refractivity contribution is -0.140.